The number of aliphatic hydroxyl groups excluding tert-OH is 1. The highest BCUT2D eigenvalue weighted by molar-refractivity contribution is 5.65. The number of hydrogen-bond acceptors (Lipinski definition) is 2. The standard InChI is InChI=1S/C13H13NO/c1-9-2-3-10-7-12(8-11(10)6-9)13(15)4-5-14/h2-3,6,8,13,15H,4,7H2,1H3/t13-/m0/s1. The van der Waals surface area contributed by atoms with E-state index in [1.165, 1.54) is 16.7 Å². The quantitative estimate of drug-likeness (QED) is 0.793. The highest BCUT2D eigenvalue weighted by Crippen LogP contribution is 2.28. The van der Waals surface area contributed by atoms with Crippen LogP contribution in [0.1, 0.15) is 23.1 Å². The molecule has 2 rings (SSSR count). The molecule has 76 valence electrons. The summed E-state index contributed by atoms with van der Waals surface area (Å²) in [6.07, 6.45) is 2.35. The van der Waals surface area contributed by atoms with E-state index in [2.05, 4.69) is 25.1 Å². The molecule has 0 saturated heterocycles. The van der Waals surface area contributed by atoms with Crippen LogP contribution >= 0.6 is 0 Å². The van der Waals surface area contributed by atoms with Crippen LogP contribution in [-0.2, 0) is 6.42 Å². The first-order chi connectivity index (χ1) is 7.20. The first-order valence-corrected chi connectivity index (χ1v) is 5.05. The molecule has 1 aliphatic carbocycles. The molecule has 1 aliphatic rings. The summed E-state index contributed by atoms with van der Waals surface area (Å²) in [6.45, 7) is 2.05. The third-order valence-corrected chi connectivity index (χ3v) is 2.75. The van der Waals surface area contributed by atoms with Crippen LogP contribution in [0.5, 0.6) is 0 Å². The lowest BCUT2D eigenvalue weighted by molar-refractivity contribution is 0.215. The van der Waals surface area contributed by atoms with Gasteiger partial charge in [-0.2, -0.15) is 5.26 Å². The molecule has 0 saturated carbocycles. The Morgan fingerprint density at radius 2 is 2.33 bits per heavy atom. The van der Waals surface area contributed by atoms with E-state index >= 15 is 0 Å². The molecule has 0 aromatic heterocycles. The fourth-order valence-electron chi connectivity index (χ4n) is 1.91. The number of rotatable bonds is 2. The summed E-state index contributed by atoms with van der Waals surface area (Å²) in [4.78, 5) is 0. The molecule has 0 aliphatic heterocycles. The van der Waals surface area contributed by atoms with E-state index in [1.807, 2.05) is 12.1 Å². The number of hydrogen-bond donors (Lipinski definition) is 1. The molecule has 1 aromatic carbocycles. The Balaban J connectivity index is 2.24. The topological polar surface area (TPSA) is 44.0 Å². The number of aryl methyl sites for hydroxylation is 1. The van der Waals surface area contributed by atoms with Crippen molar-refractivity contribution in [3.05, 3.63) is 40.5 Å². The van der Waals surface area contributed by atoms with Crippen molar-refractivity contribution in [3.8, 4) is 6.07 Å². The average molecular weight is 199 g/mol. The van der Waals surface area contributed by atoms with Gasteiger partial charge in [-0.05, 0) is 30.0 Å². The van der Waals surface area contributed by atoms with E-state index in [-0.39, 0.29) is 6.42 Å². The van der Waals surface area contributed by atoms with Crippen molar-refractivity contribution in [1.29, 1.82) is 5.26 Å². The molecular weight excluding hydrogens is 186 g/mol. The van der Waals surface area contributed by atoms with Gasteiger partial charge in [0.1, 0.15) is 0 Å². The molecule has 0 heterocycles. The molecule has 0 radical (unpaired) electrons. The second-order valence-corrected chi connectivity index (χ2v) is 3.98. The van der Waals surface area contributed by atoms with Gasteiger partial charge in [0.05, 0.1) is 18.6 Å². The van der Waals surface area contributed by atoms with Crippen molar-refractivity contribution in [2.24, 2.45) is 0 Å². The van der Waals surface area contributed by atoms with E-state index in [1.54, 1.807) is 0 Å². The summed E-state index contributed by atoms with van der Waals surface area (Å²) in [6, 6.07) is 8.27. The largest absolute Gasteiger partial charge is 0.388 e. The van der Waals surface area contributed by atoms with Gasteiger partial charge in [0.15, 0.2) is 0 Å². The molecule has 2 nitrogen and oxygen atoms in total. The normalized spacial score (nSPS) is 15.4. The van der Waals surface area contributed by atoms with Crippen LogP contribution in [0.2, 0.25) is 0 Å². The van der Waals surface area contributed by atoms with Crippen molar-refractivity contribution in [3.63, 3.8) is 0 Å². The van der Waals surface area contributed by atoms with Gasteiger partial charge in [0, 0.05) is 0 Å². The van der Waals surface area contributed by atoms with E-state index in [9.17, 15) is 5.11 Å². The molecule has 1 N–H and O–H groups in total. The zero-order valence-electron chi connectivity index (χ0n) is 8.70. The van der Waals surface area contributed by atoms with Crippen molar-refractivity contribution in [2.75, 3.05) is 0 Å². The van der Waals surface area contributed by atoms with Crippen molar-refractivity contribution < 1.29 is 5.11 Å². The Morgan fingerprint density at radius 1 is 1.53 bits per heavy atom. The first kappa shape index (κ1) is 9.95. The lowest BCUT2D eigenvalue weighted by atomic mass is 10.0. The summed E-state index contributed by atoms with van der Waals surface area (Å²) in [5.41, 5.74) is 4.60. The molecule has 0 amide bonds. The number of aliphatic hydroxyl groups is 1. The second-order valence-electron chi connectivity index (χ2n) is 3.98. The number of nitrogens with zero attached hydrogens (tertiary/aromatic N) is 1. The Labute approximate surface area is 89.5 Å². The van der Waals surface area contributed by atoms with Crippen LogP contribution in [0.3, 0.4) is 0 Å². The van der Waals surface area contributed by atoms with E-state index in [0.717, 1.165) is 12.0 Å². The fraction of sp³-hybridized carbons (Fsp3) is 0.308. The monoisotopic (exact) mass is 199 g/mol. The highest BCUT2D eigenvalue weighted by Gasteiger charge is 2.18. The minimum atomic E-state index is -0.609. The van der Waals surface area contributed by atoms with Crippen molar-refractivity contribution >= 4 is 6.08 Å². The maximum atomic E-state index is 9.70. The van der Waals surface area contributed by atoms with Gasteiger partial charge < -0.3 is 5.11 Å². The zero-order chi connectivity index (χ0) is 10.8. The summed E-state index contributed by atoms with van der Waals surface area (Å²) in [5.74, 6) is 0. The SMILES string of the molecule is Cc1ccc2c(c1)C=C([C@@H](O)CC#N)C2. The number of benzene rings is 1. The molecule has 0 unspecified atom stereocenters. The van der Waals surface area contributed by atoms with E-state index < -0.39 is 6.10 Å². The van der Waals surface area contributed by atoms with Gasteiger partial charge in [-0.1, -0.05) is 29.8 Å². The lowest BCUT2D eigenvalue weighted by Gasteiger charge is -2.06. The van der Waals surface area contributed by atoms with Gasteiger partial charge in [0.2, 0.25) is 0 Å². The molecule has 15 heavy (non-hydrogen) atoms. The predicted octanol–water partition coefficient (Wildman–Crippen LogP) is 2.21. The third-order valence-electron chi connectivity index (χ3n) is 2.75. The lowest BCUT2D eigenvalue weighted by Crippen LogP contribution is -2.08. The summed E-state index contributed by atoms with van der Waals surface area (Å²) in [5, 5.41) is 18.2. The fourth-order valence-corrected chi connectivity index (χ4v) is 1.91. The number of nitriles is 1. The van der Waals surface area contributed by atoms with Gasteiger partial charge in [-0.3, -0.25) is 0 Å². The van der Waals surface area contributed by atoms with Crippen LogP contribution in [-0.4, -0.2) is 11.2 Å². The van der Waals surface area contributed by atoms with E-state index in [4.69, 9.17) is 5.26 Å². The summed E-state index contributed by atoms with van der Waals surface area (Å²) < 4.78 is 0. The zero-order valence-corrected chi connectivity index (χ0v) is 8.70. The van der Waals surface area contributed by atoms with Gasteiger partial charge in [-0.25, -0.2) is 0 Å². The van der Waals surface area contributed by atoms with Crippen LogP contribution in [0.25, 0.3) is 6.08 Å². The van der Waals surface area contributed by atoms with Crippen molar-refractivity contribution in [1.82, 2.24) is 0 Å². The molecule has 2 heteroatoms. The minimum absolute atomic E-state index is 0.179. The van der Waals surface area contributed by atoms with Gasteiger partial charge in [0.25, 0.3) is 0 Å². The smallest absolute Gasteiger partial charge is 0.0886 e. The van der Waals surface area contributed by atoms with E-state index in [0.29, 0.717) is 0 Å². The van der Waals surface area contributed by atoms with Crippen molar-refractivity contribution in [2.45, 2.75) is 25.9 Å². The summed E-state index contributed by atoms with van der Waals surface area (Å²) >= 11 is 0. The number of fused-ring (bicyclic) bond motifs is 1. The average Bonchev–Trinajstić information content (AvgIpc) is 2.60. The van der Waals surface area contributed by atoms with Gasteiger partial charge in [-0.15, -0.1) is 0 Å². The van der Waals surface area contributed by atoms with Crippen LogP contribution in [0.4, 0.5) is 0 Å². The maximum absolute atomic E-state index is 9.70. The Bertz CT molecular complexity index is 454. The second kappa shape index (κ2) is 3.88. The molecule has 1 atom stereocenters. The molecule has 0 spiro atoms. The van der Waals surface area contributed by atoms with Crippen LogP contribution < -0.4 is 0 Å². The van der Waals surface area contributed by atoms with Gasteiger partial charge >= 0.3 is 0 Å². The first-order valence-electron chi connectivity index (χ1n) is 5.05. The predicted molar refractivity (Wildman–Crippen MR) is 59.1 cm³/mol. The molecule has 0 fully saturated rings. The molecule has 1 aromatic rings. The maximum Gasteiger partial charge on any atom is 0.0886 e. The summed E-state index contributed by atoms with van der Waals surface area (Å²) in [7, 11) is 0. The molecular formula is C13H13NO. The third kappa shape index (κ3) is 1.93. The molecule has 0 bridgehead atoms. The highest BCUT2D eigenvalue weighted by atomic mass is 16.3. The Hall–Kier alpha value is -1.59. The Kier molecular flexibility index (Phi) is 2.57. The van der Waals surface area contributed by atoms with Crippen LogP contribution in [0.15, 0.2) is 23.8 Å². The minimum Gasteiger partial charge on any atom is -0.388 e. The van der Waals surface area contributed by atoms with Crippen LogP contribution in [0, 0.1) is 18.3 Å². The Morgan fingerprint density at radius 3 is 3.07 bits per heavy atom.